The Labute approximate surface area is 107 Å². The molecule has 0 N–H and O–H groups in total. The minimum atomic E-state index is 0.0205. The zero-order chi connectivity index (χ0) is 13.5. The van der Waals surface area contributed by atoms with Crippen molar-refractivity contribution in [2.24, 2.45) is 5.41 Å². The monoisotopic (exact) mass is 239 g/mol. The topological polar surface area (TPSA) is 20.3 Å². The summed E-state index contributed by atoms with van der Waals surface area (Å²) in [6.45, 7) is 12.2. The van der Waals surface area contributed by atoms with Crippen LogP contribution < -0.4 is 0 Å². The maximum atomic E-state index is 11.3. The maximum absolute atomic E-state index is 11.3. The van der Waals surface area contributed by atoms with Crippen LogP contribution in [-0.2, 0) is 4.79 Å². The van der Waals surface area contributed by atoms with E-state index in [1.54, 1.807) is 11.8 Å². The number of allylic oxidation sites excluding steroid dienone is 1. The van der Waals surface area contributed by atoms with Crippen molar-refractivity contribution < 1.29 is 4.79 Å². The van der Waals surface area contributed by atoms with Crippen LogP contribution in [0.2, 0.25) is 0 Å². The fourth-order valence-electron chi connectivity index (χ4n) is 1.96. The lowest BCUT2D eigenvalue weighted by Crippen LogP contribution is -2.31. The third-order valence-corrected chi connectivity index (χ3v) is 3.56. The van der Waals surface area contributed by atoms with Gasteiger partial charge >= 0.3 is 0 Å². The first kappa shape index (κ1) is 16.2. The molecule has 0 aromatic heterocycles. The largest absolute Gasteiger partial charge is 0.320 e. The Bertz CT molecular complexity index is 256. The molecule has 0 aliphatic rings. The molecule has 0 heterocycles. The van der Waals surface area contributed by atoms with E-state index in [1.165, 1.54) is 32.1 Å². The molecule has 17 heavy (non-hydrogen) atoms. The Balaban J connectivity index is 4.09. The summed E-state index contributed by atoms with van der Waals surface area (Å²) in [6, 6.07) is 0. The number of carbonyl (C=O) groups is 1. The van der Waals surface area contributed by atoms with Gasteiger partial charge in [0.2, 0.25) is 5.91 Å². The highest BCUT2D eigenvalue weighted by molar-refractivity contribution is 5.75. The molecule has 0 rings (SSSR count). The standard InChI is InChI=1S/C15H29NO/c1-7-8-9-10-11-12-15(4,5)13(2)16(6)14(3)17/h2,7-12H2,1,3-6H3. The molecular weight excluding hydrogens is 210 g/mol. The van der Waals surface area contributed by atoms with Crippen molar-refractivity contribution in [3.05, 3.63) is 12.3 Å². The molecule has 0 saturated heterocycles. The lowest BCUT2D eigenvalue weighted by atomic mass is 9.83. The Hall–Kier alpha value is -0.790. The van der Waals surface area contributed by atoms with Crippen LogP contribution in [0.25, 0.3) is 0 Å². The fraction of sp³-hybridized carbons (Fsp3) is 0.800. The molecule has 1 amide bonds. The normalized spacial score (nSPS) is 11.4. The summed E-state index contributed by atoms with van der Waals surface area (Å²) in [5.41, 5.74) is 0.951. The van der Waals surface area contributed by atoms with Gasteiger partial charge in [0.15, 0.2) is 0 Å². The van der Waals surface area contributed by atoms with Gasteiger partial charge in [-0.2, -0.15) is 0 Å². The Kier molecular flexibility index (Phi) is 7.17. The fourth-order valence-corrected chi connectivity index (χ4v) is 1.96. The first-order valence-electron chi connectivity index (χ1n) is 6.76. The van der Waals surface area contributed by atoms with Crippen molar-refractivity contribution >= 4 is 5.91 Å². The number of carbonyl (C=O) groups excluding carboxylic acids is 1. The summed E-state index contributed by atoms with van der Waals surface area (Å²) in [4.78, 5) is 13.0. The maximum Gasteiger partial charge on any atom is 0.223 e. The molecule has 0 saturated carbocycles. The second kappa shape index (κ2) is 7.52. The van der Waals surface area contributed by atoms with E-state index in [0.717, 1.165) is 12.1 Å². The second-order valence-corrected chi connectivity index (χ2v) is 5.57. The van der Waals surface area contributed by atoms with Crippen LogP contribution in [0.1, 0.15) is 66.2 Å². The summed E-state index contributed by atoms with van der Waals surface area (Å²) < 4.78 is 0. The van der Waals surface area contributed by atoms with Crippen LogP contribution in [0.5, 0.6) is 0 Å². The number of unbranched alkanes of at least 4 members (excludes halogenated alkanes) is 4. The number of hydrogen-bond donors (Lipinski definition) is 0. The second-order valence-electron chi connectivity index (χ2n) is 5.57. The highest BCUT2D eigenvalue weighted by Gasteiger charge is 2.25. The molecule has 0 aliphatic carbocycles. The minimum absolute atomic E-state index is 0.0205. The zero-order valence-electron chi connectivity index (χ0n) is 12.3. The van der Waals surface area contributed by atoms with E-state index in [4.69, 9.17) is 0 Å². The number of rotatable bonds is 8. The number of nitrogens with zero attached hydrogens (tertiary/aromatic N) is 1. The molecule has 0 aromatic carbocycles. The Morgan fingerprint density at radius 1 is 1.18 bits per heavy atom. The molecule has 0 fully saturated rings. The quantitative estimate of drug-likeness (QED) is 0.576. The summed E-state index contributed by atoms with van der Waals surface area (Å²) in [6.07, 6.45) is 7.54. The highest BCUT2D eigenvalue weighted by atomic mass is 16.2. The van der Waals surface area contributed by atoms with Crippen molar-refractivity contribution in [3.8, 4) is 0 Å². The summed E-state index contributed by atoms with van der Waals surface area (Å²) in [5.74, 6) is 0.0639. The Morgan fingerprint density at radius 3 is 2.18 bits per heavy atom. The molecule has 0 spiro atoms. The van der Waals surface area contributed by atoms with E-state index in [-0.39, 0.29) is 11.3 Å². The molecule has 2 heteroatoms. The average Bonchev–Trinajstić information content (AvgIpc) is 2.26. The van der Waals surface area contributed by atoms with E-state index in [9.17, 15) is 4.79 Å². The van der Waals surface area contributed by atoms with Gasteiger partial charge in [0.1, 0.15) is 0 Å². The number of hydrogen-bond acceptors (Lipinski definition) is 1. The van der Waals surface area contributed by atoms with Gasteiger partial charge in [0, 0.05) is 25.1 Å². The van der Waals surface area contributed by atoms with Crippen molar-refractivity contribution in [2.45, 2.75) is 66.2 Å². The van der Waals surface area contributed by atoms with Crippen LogP contribution in [0.15, 0.2) is 12.3 Å². The van der Waals surface area contributed by atoms with Gasteiger partial charge in [-0.05, 0) is 6.42 Å². The first-order chi connectivity index (χ1) is 7.83. The smallest absolute Gasteiger partial charge is 0.223 e. The van der Waals surface area contributed by atoms with E-state index in [2.05, 4.69) is 27.4 Å². The molecule has 0 aromatic rings. The van der Waals surface area contributed by atoms with Crippen LogP contribution in [0, 0.1) is 5.41 Å². The van der Waals surface area contributed by atoms with Crippen LogP contribution in [0.4, 0.5) is 0 Å². The molecule has 0 atom stereocenters. The molecule has 100 valence electrons. The predicted molar refractivity (Wildman–Crippen MR) is 74.7 cm³/mol. The van der Waals surface area contributed by atoms with Crippen molar-refractivity contribution in [2.75, 3.05) is 7.05 Å². The van der Waals surface area contributed by atoms with E-state index in [0.29, 0.717) is 0 Å². The van der Waals surface area contributed by atoms with Gasteiger partial charge < -0.3 is 4.90 Å². The van der Waals surface area contributed by atoms with E-state index >= 15 is 0 Å². The van der Waals surface area contributed by atoms with Gasteiger partial charge in [-0.3, -0.25) is 4.79 Å². The summed E-state index contributed by atoms with van der Waals surface area (Å²) in [7, 11) is 1.81. The van der Waals surface area contributed by atoms with Gasteiger partial charge in [-0.1, -0.05) is 59.5 Å². The summed E-state index contributed by atoms with van der Waals surface area (Å²) in [5, 5.41) is 0. The molecule has 0 bridgehead atoms. The van der Waals surface area contributed by atoms with Crippen LogP contribution in [-0.4, -0.2) is 17.9 Å². The molecule has 0 aliphatic heterocycles. The van der Waals surface area contributed by atoms with Crippen molar-refractivity contribution in [3.63, 3.8) is 0 Å². The third-order valence-electron chi connectivity index (χ3n) is 3.56. The predicted octanol–water partition coefficient (Wildman–Crippen LogP) is 4.37. The summed E-state index contributed by atoms with van der Waals surface area (Å²) >= 11 is 0. The van der Waals surface area contributed by atoms with Crippen molar-refractivity contribution in [1.82, 2.24) is 4.90 Å². The molecule has 0 radical (unpaired) electrons. The van der Waals surface area contributed by atoms with Crippen LogP contribution in [0.3, 0.4) is 0 Å². The molecular formula is C15H29NO. The lowest BCUT2D eigenvalue weighted by Gasteiger charge is -2.32. The Morgan fingerprint density at radius 2 is 1.71 bits per heavy atom. The highest BCUT2D eigenvalue weighted by Crippen LogP contribution is 2.33. The average molecular weight is 239 g/mol. The van der Waals surface area contributed by atoms with Gasteiger partial charge in [-0.25, -0.2) is 0 Å². The zero-order valence-corrected chi connectivity index (χ0v) is 12.3. The number of amides is 1. The SMILES string of the molecule is C=C(N(C)C(C)=O)C(C)(C)CCCCCCC. The van der Waals surface area contributed by atoms with Gasteiger partial charge in [-0.15, -0.1) is 0 Å². The van der Waals surface area contributed by atoms with Crippen LogP contribution >= 0.6 is 0 Å². The third kappa shape index (κ3) is 5.90. The van der Waals surface area contributed by atoms with Gasteiger partial charge in [0.05, 0.1) is 0 Å². The molecule has 2 nitrogen and oxygen atoms in total. The molecule has 0 unspecified atom stereocenters. The van der Waals surface area contributed by atoms with Crippen molar-refractivity contribution in [1.29, 1.82) is 0 Å². The first-order valence-corrected chi connectivity index (χ1v) is 6.76. The van der Waals surface area contributed by atoms with Gasteiger partial charge in [0.25, 0.3) is 0 Å². The lowest BCUT2D eigenvalue weighted by molar-refractivity contribution is -0.126. The van der Waals surface area contributed by atoms with E-state index < -0.39 is 0 Å². The minimum Gasteiger partial charge on any atom is -0.320 e. The van der Waals surface area contributed by atoms with E-state index in [1.807, 2.05) is 7.05 Å².